The van der Waals surface area contributed by atoms with Gasteiger partial charge >= 0.3 is 5.97 Å². The number of carboxylic acids is 1. The highest BCUT2D eigenvalue weighted by Gasteiger charge is 2.24. The molecule has 0 aromatic carbocycles. The number of ether oxygens (including phenoxy) is 1. The molecule has 1 heterocycles. The van der Waals surface area contributed by atoms with Crippen molar-refractivity contribution in [1.82, 2.24) is 10.6 Å². The van der Waals surface area contributed by atoms with E-state index in [9.17, 15) is 14.4 Å². The highest BCUT2D eigenvalue weighted by Crippen LogP contribution is 2.14. The Labute approximate surface area is 124 Å². The summed E-state index contributed by atoms with van der Waals surface area (Å²) in [5.41, 5.74) is 0. The third kappa shape index (κ3) is 6.57. The van der Waals surface area contributed by atoms with E-state index in [1.807, 2.05) is 13.8 Å². The maximum absolute atomic E-state index is 11.8. The second kappa shape index (κ2) is 8.61. The minimum Gasteiger partial charge on any atom is -0.480 e. The standard InChI is InChI=1S/C14H24N2O5/c1-9(2)7-11(14(19)20)16-12(17)8-15-13(18)10-3-5-21-6-4-10/h9-11H,3-8H2,1-2H3,(H,15,18)(H,16,17)(H,19,20)/t11-/m0/s1. The fraction of sp³-hybridized carbons (Fsp3) is 0.786. The maximum Gasteiger partial charge on any atom is 0.326 e. The first-order chi connectivity index (χ1) is 9.90. The fourth-order valence-electron chi connectivity index (χ4n) is 2.21. The number of carbonyl (C=O) groups excluding carboxylic acids is 2. The van der Waals surface area contributed by atoms with Crippen LogP contribution in [0, 0.1) is 11.8 Å². The highest BCUT2D eigenvalue weighted by molar-refractivity contribution is 5.88. The number of aliphatic carboxylic acids is 1. The minimum absolute atomic E-state index is 0.127. The quantitative estimate of drug-likeness (QED) is 0.620. The Bertz CT molecular complexity index is 378. The summed E-state index contributed by atoms with van der Waals surface area (Å²) >= 11 is 0. The molecular formula is C14H24N2O5. The van der Waals surface area contributed by atoms with E-state index >= 15 is 0 Å². The summed E-state index contributed by atoms with van der Waals surface area (Å²) in [6.07, 6.45) is 1.66. The van der Waals surface area contributed by atoms with E-state index in [1.165, 1.54) is 0 Å². The topological polar surface area (TPSA) is 105 Å². The second-order valence-electron chi connectivity index (χ2n) is 5.69. The van der Waals surface area contributed by atoms with Crippen LogP contribution in [0.2, 0.25) is 0 Å². The van der Waals surface area contributed by atoms with Crippen molar-refractivity contribution in [3.63, 3.8) is 0 Å². The minimum atomic E-state index is -1.06. The summed E-state index contributed by atoms with van der Waals surface area (Å²) in [5, 5.41) is 14.0. The van der Waals surface area contributed by atoms with Crippen molar-refractivity contribution >= 4 is 17.8 Å². The fourth-order valence-corrected chi connectivity index (χ4v) is 2.21. The first kappa shape index (κ1) is 17.4. The molecule has 0 aromatic heterocycles. The molecule has 0 unspecified atom stereocenters. The summed E-state index contributed by atoms with van der Waals surface area (Å²) in [4.78, 5) is 34.6. The van der Waals surface area contributed by atoms with E-state index in [2.05, 4.69) is 10.6 Å². The molecule has 1 aliphatic heterocycles. The van der Waals surface area contributed by atoms with Gasteiger partial charge in [0.05, 0.1) is 6.54 Å². The lowest BCUT2D eigenvalue weighted by atomic mass is 9.99. The van der Waals surface area contributed by atoms with Crippen LogP contribution in [0.1, 0.15) is 33.1 Å². The SMILES string of the molecule is CC(C)C[C@H](NC(=O)CNC(=O)C1CCOCC1)C(=O)O. The number of hydrogen-bond acceptors (Lipinski definition) is 4. The molecule has 0 bridgehead atoms. The van der Waals surface area contributed by atoms with Gasteiger partial charge in [0.1, 0.15) is 6.04 Å². The molecule has 21 heavy (non-hydrogen) atoms. The van der Waals surface area contributed by atoms with E-state index in [-0.39, 0.29) is 24.3 Å². The molecule has 1 saturated heterocycles. The maximum atomic E-state index is 11.8. The summed E-state index contributed by atoms with van der Waals surface area (Å²) in [6, 6.07) is -0.919. The van der Waals surface area contributed by atoms with Gasteiger partial charge < -0.3 is 20.5 Å². The lowest BCUT2D eigenvalue weighted by molar-refractivity contribution is -0.142. The molecule has 1 aliphatic rings. The average Bonchev–Trinajstić information content (AvgIpc) is 2.44. The molecule has 1 fully saturated rings. The first-order valence-corrected chi connectivity index (χ1v) is 7.27. The predicted molar refractivity (Wildman–Crippen MR) is 75.6 cm³/mol. The summed E-state index contributed by atoms with van der Waals surface area (Å²) in [6.45, 7) is 4.68. The van der Waals surface area contributed by atoms with E-state index < -0.39 is 17.9 Å². The zero-order valence-electron chi connectivity index (χ0n) is 12.6. The Morgan fingerprint density at radius 2 is 1.86 bits per heavy atom. The van der Waals surface area contributed by atoms with Gasteiger partial charge in [0, 0.05) is 19.1 Å². The van der Waals surface area contributed by atoms with Gasteiger partial charge in [0.2, 0.25) is 11.8 Å². The average molecular weight is 300 g/mol. The van der Waals surface area contributed by atoms with Gasteiger partial charge in [-0.15, -0.1) is 0 Å². The largest absolute Gasteiger partial charge is 0.480 e. The van der Waals surface area contributed by atoms with Crippen LogP contribution < -0.4 is 10.6 Å². The molecule has 0 saturated carbocycles. The Balaban J connectivity index is 2.34. The van der Waals surface area contributed by atoms with Gasteiger partial charge in [-0.05, 0) is 25.2 Å². The summed E-state index contributed by atoms with van der Waals surface area (Å²) < 4.78 is 5.17. The van der Waals surface area contributed by atoms with Crippen LogP contribution in [-0.2, 0) is 19.1 Å². The van der Waals surface area contributed by atoms with E-state index in [4.69, 9.17) is 9.84 Å². The van der Waals surface area contributed by atoms with Crippen LogP contribution in [0.3, 0.4) is 0 Å². The van der Waals surface area contributed by atoms with Crippen LogP contribution in [0.15, 0.2) is 0 Å². The Morgan fingerprint density at radius 3 is 2.38 bits per heavy atom. The number of hydrogen-bond donors (Lipinski definition) is 3. The van der Waals surface area contributed by atoms with E-state index in [0.29, 0.717) is 32.5 Å². The molecule has 120 valence electrons. The molecule has 0 aliphatic carbocycles. The number of rotatable bonds is 7. The highest BCUT2D eigenvalue weighted by atomic mass is 16.5. The van der Waals surface area contributed by atoms with E-state index in [1.54, 1.807) is 0 Å². The molecule has 1 rings (SSSR count). The van der Waals surface area contributed by atoms with Gasteiger partial charge in [0.25, 0.3) is 0 Å². The zero-order valence-corrected chi connectivity index (χ0v) is 12.6. The van der Waals surface area contributed by atoms with Gasteiger partial charge in [-0.2, -0.15) is 0 Å². The normalized spacial score (nSPS) is 17.3. The van der Waals surface area contributed by atoms with E-state index in [0.717, 1.165) is 0 Å². The van der Waals surface area contributed by atoms with Crippen molar-refractivity contribution in [2.24, 2.45) is 11.8 Å². The smallest absolute Gasteiger partial charge is 0.326 e. The summed E-state index contributed by atoms with van der Waals surface area (Å²) in [5.74, 6) is -1.69. The third-order valence-corrected chi connectivity index (χ3v) is 3.36. The van der Waals surface area contributed by atoms with Gasteiger partial charge in [-0.3, -0.25) is 9.59 Å². The molecule has 0 radical (unpaired) electrons. The molecular weight excluding hydrogens is 276 g/mol. The number of nitrogens with one attached hydrogen (secondary N) is 2. The molecule has 3 N–H and O–H groups in total. The zero-order chi connectivity index (χ0) is 15.8. The van der Waals surface area contributed by atoms with Crippen LogP contribution in [0.4, 0.5) is 0 Å². The molecule has 0 aromatic rings. The van der Waals surface area contributed by atoms with Crippen LogP contribution in [0.25, 0.3) is 0 Å². The lowest BCUT2D eigenvalue weighted by Gasteiger charge is -2.21. The van der Waals surface area contributed by atoms with Crippen molar-refractivity contribution in [2.75, 3.05) is 19.8 Å². The van der Waals surface area contributed by atoms with Crippen molar-refractivity contribution in [3.8, 4) is 0 Å². The lowest BCUT2D eigenvalue weighted by Crippen LogP contribution is -2.47. The van der Waals surface area contributed by atoms with Gasteiger partial charge in [-0.1, -0.05) is 13.8 Å². The number of carboxylic acid groups (broad SMARTS) is 1. The Morgan fingerprint density at radius 1 is 1.24 bits per heavy atom. The van der Waals surface area contributed by atoms with Crippen LogP contribution in [-0.4, -0.2) is 48.7 Å². The Kier molecular flexibility index (Phi) is 7.14. The molecule has 7 nitrogen and oxygen atoms in total. The molecule has 0 spiro atoms. The predicted octanol–water partition coefficient (Wildman–Crippen LogP) is 0.145. The number of amides is 2. The van der Waals surface area contributed by atoms with Crippen molar-refractivity contribution < 1.29 is 24.2 Å². The van der Waals surface area contributed by atoms with Crippen molar-refractivity contribution in [3.05, 3.63) is 0 Å². The number of carbonyl (C=O) groups is 3. The summed E-state index contributed by atoms with van der Waals surface area (Å²) in [7, 11) is 0. The van der Waals surface area contributed by atoms with Crippen LogP contribution in [0.5, 0.6) is 0 Å². The third-order valence-electron chi connectivity index (χ3n) is 3.36. The molecule has 1 atom stereocenters. The molecule has 7 heteroatoms. The van der Waals surface area contributed by atoms with Crippen molar-refractivity contribution in [1.29, 1.82) is 0 Å². The second-order valence-corrected chi connectivity index (χ2v) is 5.69. The monoisotopic (exact) mass is 300 g/mol. The molecule has 2 amide bonds. The van der Waals surface area contributed by atoms with Crippen molar-refractivity contribution in [2.45, 2.75) is 39.2 Å². The van der Waals surface area contributed by atoms with Gasteiger partial charge in [0.15, 0.2) is 0 Å². The van der Waals surface area contributed by atoms with Crippen LogP contribution >= 0.6 is 0 Å². The Hall–Kier alpha value is -1.63. The first-order valence-electron chi connectivity index (χ1n) is 7.27. The van der Waals surface area contributed by atoms with Gasteiger partial charge in [-0.25, -0.2) is 4.79 Å².